The molecule has 1 N–H and O–H groups in total. The van der Waals surface area contributed by atoms with Crippen LogP contribution in [0.5, 0.6) is 0 Å². The molecule has 0 aromatic heterocycles. The van der Waals surface area contributed by atoms with Gasteiger partial charge in [-0.05, 0) is 78.2 Å². The fourth-order valence-corrected chi connectivity index (χ4v) is 4.87. The van der Waals surface area contributed by atoms with Gasteiger partial charge in [-0.25, -0.2) is 4.79 Å². The van der Waals surface area contributed by atoms with Crippen LogP contribution >= 0.6 is 0 Å². The van der Waals surface area contributed by atoms with Gasteiger partial charge in [-0.1, -0.05) is 59.3 Å². The number of allylic oxidation sites excluding steroid dienone is 2. The summed E-state index contributed by atoms with van der Waals surface area (Å²) in [5.41, 5.74) is 0.423. The van der Waals surface area contributed by atoms with E-state index in [1.807, 2.05) is 32.6 Å². The van der Waals surface area contributed by atoms with Crippen LogP contribution in [0.4, 0.5) is 4.79 Å². The molecule has 0 saturated carbocycles. The Morgan fingerprint density at radius 3 is 2.16 bits per heavy atom. The summed E-state index contributed by atoms with van der Waals surface area (Å²) in [6.07, 6.45) is 9.09. The Balaban J connectivity index is 5.80. The van der Waals surface area contributed by atoms with Gasteiger partial charge in [0.25, 0.3) is 0 Å². The molecule has 8 heteroatoms. The molecule has 7 nitrogen and oxygen atoms in total. The van der Waals surface area contributed by atoms with Crippen molar-refractivity contribution in [3.63, 3.8) is 0 Å². The van der Waals surface area contributed by atoms with E-state index >= 15 is 0 Å². The molecule has 0 unspecified atom stereocenters. The van der Waals surface area contributed by atoms with Gasteiger partial charge < -0.3 is 19.7 Å². The molecular weight excluding hydrogens is 496 g/mol. The lowest BCUT2D eigenvalue weighted by Crippen LogP contribution is -2.50. The minimum Gasteiger partial charge on any atom is -0.466 e. The molecular formula is C30H58N2O5Si. The summed E-state index contributed by atoms with van der Waals surface area (Å²) in [5, 5.41) is 2.89. The summed E-state index contributed by atoms with van der Waals surface area (Å²) >= 11 is 0. The Morgan fingerprint density at radius 2 is 1.63 bits per heavy atom. The molecule has 0 aliphatic rings. The molecule has 0 spiro atoms. The molecule has 0 aliphatic carbocycles. The van der Waals surface area contributed by atoms with Crippen molar-refractivity contribution in [3.8, 4) is 0 Å². The second kappa shape index (κ2) is 18.5. The number of nitrogens with zero attached hydrogens (tertiary/aromatic N) is 1. The van der Waals surface area contributed by atoms with Crippen LogP contribution in [0, 0.1) is 5.92 Å². The number of alkyl carbamates (subject to hydrolysis) is 1. The summed E-state index contributed by atoms with van der Waals surface area (Å²) in [6.45, 7) is 21.6. The van der Waals surface area contributed by atoms with Gasteiger partial charge in [0.15, 0.2) is 0 Å². The van der Waals surface area contributed by atoms with E-state index in [0.29, 0.717) is 26.0 Å². The van der Waals surface area contributed by atoms with Crippen molar-refractivity contribution in [1.82, 2.24) is 10.2 Å². The van der Waals surface area contributed by atoms with Crippen molar-refractivity contribution in [2.24, 2.45) is 5.92 Å². The number of hydrogen-bond acceptors (Lipinski definition) is 5. The first-order chi connectivity index (χ1) is 17.6. The molecule has 0 aromatic carbocycles. The second-order valence-corrected chi connectivity index (χ2v) is 18.5. The van der Waals surface area contributed by atoms with Gasteiger partial charge in [0.1, 0.15) is 11.6 Å². The molecule has 222 valence electrons. The van der Waals surface area contributed by atoms with Crippen molar-refractivity contribution in [3.05, 3.63) is 11.8 Å². The third kappa shape index (κ3) is 18.4. The number of amides is 2. The molecule has 1 atom stereocenters. The number of esters is 1. The van der Waals surface area contributed by atoms with Crippen molar-refractivity contribution in [2.45, 2.75) is 144 Å². The predicted molar refractivity (Wildman–Crippen MR) is 160 cm³/mol. The lowest BCUT2D eigenvalue weighted by Gasteiger charge is -2.33. The van der Waals surface area contributed by atoms with Crippen molar-refractivity contribution >= 4 is 26.0 Å². The topological polar surface area (TPSA) is 84.9 Å². The third-order valence-electron chi connectivity index (χ3n) is 5.95. The van der Waals surface area contributed by atoms with Gasteiger partial charge in [-0.2, -0.15) is 0 Å². The molecule has 2 amide bonds. The Morgan fingerprint density at radius 1 is 0.974 bits per heavy atom. The SMILES string of the molecule is CCCCC(=CCCCCCC(=O)OCC)N(CC[Si](C)(C)C)C(=O)[C@H](CC(C)C)NC(=O)OC(C)(C)C. The maximum Gasteiger partial charge on any atom is 0.408 e. The zero-order valence-electron chi connectivity index (χ0n) is 26.2. The largest absolute Gasteiger partial charge is 0.466 e. The van der Waals surface area contributed by atoms with E-state index in [1.165, 1.54) is 0 Å². The number of carbonyl (C=O) groups excluding carboxylic acids is 3. The van der Waals surface area contributed by atoms with Crippen LogP contribution < -0.4 is 5.32 Å². The first kappa shape index (κ1) is 36.2. The van der Waals surface area contributed by atoms with Gasteiger partial charge in [-0.3, -0.25) is 9.59 Å². The molecule has 0 saturated heterocycles. The molecule has 0 aliphatic heterocycles. The van der Waals surface area contributed by atoms with Crippen LogP contribution in [0.15, 0.2) is 11.8 Å². The fourth-order valence-electron chi connectivity index (χ4n) is 3.97. The average molecular weight is 555 g/mol. The van der Waals surface area contributed by atoms with E-state index < -0.39 is 25.8 Å². The zero-order chi connectivity index (χ0) is 29.4. The Kier molecular flexibility index (Phi) is 17.6. The number of ether oxygens (including phenoxy) is 2. The summed E-state index contributed by atoms with van der Waals surface area (Å²) < 4.78 is 10.5. The smallest absolute Gasteiger partial charge is 0.408 e. The second-order valence-electron chi connectivity index (χ2n) is 12.8. The van der Waals surface area contributed by atoms with E-state index in [2.05, 4.69) is 51.8 Å². The van der Waals surface area contributed by atoms with E-state index in [9.17, 15) is 14.4 Å². The molecule has 0 heterocycles. The molecule has 38 heavy (non-hydrogen) atoms. The van der Waals surface area contributed by atoms with Crippen LogP contribution in [0.2, 0.25) is 25.7 Å². The molecule has 0 bridgehead atoms. The quantitative estimate of drug-likeness (QED) is 0.107. The number of rotatable bonds is 18. The molecule has 0 radical (unpaired) electrons. The van der Waals surface area contributed by atoms with Gasteiger partial charge in [-0.15, -0.1) is 0 Å². The highest BCUT2D eigenvalue weighted by Gasteiger charge is 2.31. The highest BCUT2D eigenvalue weighted by molar-refractivity contribution is 6.76. The summed E-state index contributed by atoms with van der Waals surface area (Å²) in [5.74, 6) is 0.0520. The average Bonchev–Trinajstić information content (AvgIpc) is 2.76. The number of nitrogens with one attached hydrogen (secondary N) is 1. The monoisotopic (exact) mass is 554 g/mol. The Labute approximate surface area is 234 Å². The van der Waals surface area contributed by atoms with Crippen molar-refractivity contribution in [2.75, 3.05) is 13.2 Å². The van der Waals surface area contributed by atoms with Crippen LogP contribution in [0.3, 0.4) is 0 Å². The van der Waals surface area contributed by atoms with Gasteiger partial charge in [0.05, 0.1) is 6.61 Å². The van der Waals surface area contributed by atoms with E-state index in [0.717, 1.165) is 56.7 Å². The van der Waals surface area contributed by atoms with Crippen LogP contribution in [0.1, 0.15) is 106 Å². The Bertz CT molecular complexity index is 738. The van der Waals surface area contributed by atoms with Crippen LogP contribution in [-0.2, 0) is 19.1 Å². The van der Waals surface area contributed by atoms with Crippen LogP contribution in [-0.4, -0.2) is 55.7 Å². The van der Waals surface area contributed by atoms with E-state index in [4.69, 9.17) is 9.47 Å². The molecule has 0 rings (SSSR count). The maximum absolute atomic E-state index is 14.1. The van der Waals surface area contributed by atoms with Gasteiger partial charge in [0.2, 0.25) is 5.91 Å². The highest BCUT2D eigenvalue weighted by Crippen LogP contribution is 2.22. The number of hydrogen-bond donors (Lipinski definition) is 1. The molecule has 0 aromatic rings. The summed E-state index contributed by atoms with van der Waals surface area (Å²) in [6, 6.07) is 0.351. The predicted octanol–water partition coefficient (Wildman–Crippen LogP) is 7.68. The van der Waals surface area contributed by atoms with Gasteiger partial charge in [0, 0.05) is 26.7 Å². The highest BCUT2D eigenvalue weighted by atomic mass is 28.3. The van der Waals surface area contributed by atoms with E-state index in [1.54, 1.807) is 0 Å². The summed E-state index contributed by atoms with van der Waals surface area (Å²) in [4.78, 5) is 40.3. The first-order valence-electron chi connectivity index (χ1n) is 14.7. The lowest BCUT2D eigenvalue weighted by atomic mass is 10.0. The van der Waals surface area contributed by atoms with Crippen LogP contribution in [0.25, 0.3) is 0 Å². The van der Waals surface area contributed by atoms with Crippen molar-refractivity contribution in [1.29, 1.82) is 0 Å². The summed E-state index contributed by atoms with van der Waals surface area (Å²) in [7, 11) is -1.42. The Hall–Kier alpha value is -1.83. The number of unbranched alkanes of at least 4 members (excludes halogenated alkanes) is 4. The number of carbonyl (C=O) groups is 3. The fraction of sp³-hybridized carbons (Fsp3) is 0.833. The third-order valence-corrected chi connectivity index (χ3v) is 7.67. The van der Waals surface area contributed by atoms with Gasteiger partial charge >= 0.3 is 12.1 Å². The molecule has 0 fully saturated rings. The lowest BCUT2D eigenvalue weighted by molar-refractivity contribution is -0.143. The standard InChI is InChI=1S/C30H58N2O5Si/c1-11-13-18-25(19-16-14-15-17-20-27(33)36-12-2)32(21-22-38(8,9)10)28(34)26(23-24(3)4)31-29(35)37-30(5,6)7/h19,24,26H,11-18,20-23H2,1-10H3,(H,31,35)/t26-/m0/s1. The normalized spacial score (nSPS) is 13.3. The zero-order valence-corrected chi connectivity index (χ0v) is 27.2. The maximum atomic E-state index is 14.1. The first-order valence-corrected chi connectivity index (χ1v) is 18.5. The minimum absolute atomic E-state index is 0.0486. The van der Waals surface area contributed by atoms with E-state index in [-0.39, 0.29) is 17.8 Å². The minimum atomic E-state index is -1.42. The van der Waals surface area contributed by atoms with Crippen molar-refractivity contribution < 1.29 is 23.9 Å².